The molecule has 19 heavy (non-hydrogen) atoms. The number of aromatic nitrogens is 2. The molecule has 1 aromatic heterocycles. The van der Waals surface area contributed by atoms with Gasteiger partial charge in [0.05, 0.1) is 11.7 Å². The maximum absolute atomic E-state index is 4.75. The second-order valence-corrected chi connectivity index (χ2v) is 5.62. The van der Waals surface area contributed by atoms with Crippen LogP contribution in [0.15, 0.2) is 12.3 Å². The number of likely N-dealkylation sites (tertiary alicyclic amines) is 1. The third kappa shape index (κ3) is 3.80. The molecule has 1 unspecified atom stereocenters. The number of hydrogen-bond donors (Lipinski definition) is 1. The number of nitrogens with one attached hydrogen (secondary N) is 1. The first-order chi connectivity index (χ1) is 9.26. The van der Waals surface area contributed by atoms with Gasteiger partial charge in [-0.15, -0.1) is 0 Å². The van der Waals surface area contributed by atoms with Gasteiger partial charge in [-0.05, 0) is 45.3 Å². The lowest BCUT2D eigenvalue weighted by Crippen LogP contribution is -2.43. The van der Waals surface area contributed by atoms with Gasteiger partial charge in [0, 0.05) is 25.3 Å². The molecule has 108 valence electrons. The monoisotopic (exact) mass is 264 g/mol. The Kier molecular flexibility index (Phi) is 5.40. The first-order valence-electron chi connectivity index (χ1n) is 7.70. The third-order valence-electron chi connectivity index (χ3n) is 4.28. The Morgan fingerprint density at radius 2 is 2.21 bits per heavy atom. The van der Waals surface area contributed by atoms with Crippen molar-refractivity contribution in [2.75, 3.05) is 20.1 Å². The van der Waals surface area contributed by atoms with Gasteiger partial charge < -0.3 is 5.32 Å². The van der Waals surface area contributed by atoms with E-state index in [1.54, 1.807) is 0 Å². The van der Waals surface area contributed by atoms with E-state index in [4.69, 9.17) is 5.10 Å². The Labute approximate surface area is 117 Å². The molecule has 0 aromatic carbocycles. The van der Waals surface area contributed by atoms with Crippen molar-refractivity contribution >= 4 is 0 Å². The predicted molar refractivity (Wildman–Crippen MR) is 79.2 cm³/mol. The van der Waals surface area contributed by atoms with Gasteiger partial charge in [-0.1, -0.05) is 13.8 Å². The zero-order chi connectivity index (χ0) is 13.7. The van der Waals surface area contributed by atoms with Crippen LogP contribution in [0.3, 0.4) is 0 Å². The fourth-order valence-electron chi connectivity index (χ4n) is 2.99. The van der Waals surface area contributed by atoms with Crippen LogP contribution in [0.25, 0.3) is 0 Å². The zero-order valence-corrected chi connectivity index (χ0v) is 12.6. The summed E-state index contributed by atoms with van der Waals surface area (Å²) in [5.41, 5.74) is 1.21. The van der Waals surface area contributed by atoms with Crippen molar-refractivity contribution in [2.45, 2.75) is 58.2 Å². The van der Waals surface area contributed by atoms with Gasteiger partial charge in [0.1, 0.15) is 0 Å². The number of rotatable bonds is 6. The molecule has 2 heterocycles. The lowest BCUT2D eigenvalue weighted by molar-refractivity contribution is 0.185. The van der Waals surface area contributed by atoms with Crippen molar-refractivity contribution in [2.24, 2.45) is 0 Å². The number of likely N-dealkylation sites (N-methyl/N-ethyl adjacent to an activating group) is 1. The topological polar surface area (TPSA) is 33.1 Å². The quantitative estimate of drug-likeness (QED) is 0.856. The summed E-state index contributed by atoms with van der Waals surface area (Å²) < 4.78 is 2.15. The van der Waals surface area contributed by atoms with Crippen molar-refractivity contribution < 1.29 is 0 Å². The highest BCUT2D eigenvalue weighted by molar-refractivity contribution is 5.00. The van der Waals surface area contributed by atoms with Crippen molar-refractivity contribution in [3.05, 3.63) is 18.0 Å². The maximum atomic E-state index is 4.75. The van der Waals surface area contributed by atoms with Crippen LogP contribution in [-0.4, -0.2) is 40.9 Å². The number of hydrogen-bond acceptors (Lipinski definition) is 3. The molecule has 0 radical (unpaired) electrons. The predicted octanol–water partition coefficient (Wildman–Crippen LogP) is 2.43. The summed E-state index contributed by atoms with van der Waals surface area (Å²) in [5, 5.41) is 8.15. The van der Waals surface area contributed by atoms with Crippen molar-refractivity contribution in [1.29, 1.82) is 0 Å². The molecule has 4 heteroatoms. The van der Waals surface area contributed by atoms with E-state index in [1.807, 2.05) is 0 Å². The molecular weight excluding hydrogens is 236 g/mol. The number of piperidine rings is 1. The largest absolute Gasteiger partial charge is 0.316 e. The summed E-state index contributed by atoms with van der Waals surface area (Å²) in [7, 11) is 2.07. The summed E-state index contributed by atoms with van der Waals surface area (Å²) in [6, 6.07) is 3.39. The van der Waals surface area contributed by atoms with Crippen LogP contribution in [0, 0.1) is 0 Å². The molecule has 0 bridgehead atoms. The smallest absolute Gasteiger partial charge is 0.0764 e. The van der Waals surface area contributed by atoms with E-state index in [9.17, 15) is 0 Å². The van der Waals surface area contributed by atoms with Gasteiger partial charge in [0.15, 0.2) is 0 Å². The Morgan fingerprint density at radius 3 is 2.89 bits per heavy atom. The Balaban J connectivity index is 1.92. The second kappa shape index (κ2) is 7.06. The van der Waals surface area contributed by atoms with Crippen LogP contribution in [0.2, 0.25) is 0 Å². The minimum Gasteiger partial charge on any atom is -0.316 e. The summed E-state index contributed by atoms with van der Waals surface area (Å²) in [5.74, 6) is 0. The Bertz CT molecular complexity index is 370. The molecule has 2 rings (SSSR count). The van der Waals surface area contributed by atoms with Gasteiger partial charge in [-0.2, -0.15) is 5.10 Å². The van der Waals surface area contributed by atoms with Crippen molar-refractivity contribution in [3.63, 3.8) is 0 Å². The standard InChI is InChI=1S/C15H28N4/c1-4-15(5-2)19-10-8-14(17-19)12-18-9-6-7-13(11-18)16-3/h8,10,13,15-16H,4-7,9,11-12H2,1-3H3. The van der Waals surface area contributed by atoms with Crippen LogP contribution in [0.4, 0.5) is 0 Å². The zero-order valence-electron chi connectivity index (χ0n) is 12.6. The lowest BCUT2D eigenvalue weighted by Gasteiger charge is -2.31. The highest BCUT2D eigenvalue weighted by Crippen LogP contribution is 2.16. The minimum atomic E-state index is 0.556. The molecule has 1 N–H and O–H groups in total. The van der Waals surface area contributed by atoms with Gasteiger partial charge in [0.25, 0.3) is 0 Å². The van der Waals surface area contributed by atoms with Crippen LogP contribution >= 0.6 is 0 Å². The van der Waals surface area contributed by atoms with E-state index in [0.717, 1.165) is 25.9 Å². The first kappa shape index (κ1) is 14.5. The highest BCUT2D eigenvalue weighted by atomic mass is 15.3. The Hall–Kier alpha value is -0.870. The van der Waals surface area contributed by atoms with Gasteiger partial charge >= 0.3 is 0 Å². The molecule has 1 saturated heterocycles. The summed E-state index contributed by atoms with van der Waals surface area (Å²) >= 11 is 0. The average molecular weight is 264 g/mol. The molecule has 1 fully saturated rings. The van der Waals surface area contributed by atoms with E-state index in [1.165, 1.54) is 25.1 Å². The summed E-state index contributed by atoms with van der Waals surface area (Å²) in [6.45, 7) is 7.81. The second-order valence-electron chi connectivity index (χ2n) is 5.62. The maximum Gasteiger partial charge on any atom is 0.0764 e. The minimum absolute atomic E-state index is 0.556. The van der Waals surface area contributed by atoms with Gasteiger partial charge in [0.2, 0.25) is 0 Å². The normalized spacial score (nSPS) is 21.2. The van der Waals surface area contributed by atoms with Crippen molar-refractivity contribution in [3.8, 4) is 0 Å². The molecule has 1 atom stereocenters. The van der Waals surface area contributed by atoms with E-state index in [0.29, 0.717) is 12.1 Å². The van der Waals surface area contributed by atoms with Crippen molar-refractivity contribution in [1.82, 2.24) is 20.0 Å². The molecule has 1 aliphatic heterocycles. The third-order valence-corrected chi connectivity index (χ3v) is 4.28. The van der Waals surface area contributed by atoms with Gasteiger partial charge in [-0.3, -0.25) is 9.58 Å². The molecular formula is C15H28N4. The fraction of sp³-hybridized carbons (Fsp3) is 0.800. The average Bonchev–Trinajstić information content (AvgIpc) is 2.89. The van der Waals surface area contributed by atoms with Gasteiger partial charge in [-0.25, -0.2) is 0 Å². The highest BCUT2D eigenvalue weighted by Gasteiger charge is 2.19. The molecule has 0 aliphatic carbocycles. The Morgan fingerprint density at radius 1 is 1.42 bits per heavy atom. The molecule has 0 amide bonds. The summed E-state index contributed by atoms with van der Waals surface area (Å²) in [4.78, 5) is 2.52. The van der Waals surface area contributed by atoms with Crippen LogP contribution in [0.1, 0.15) is 51.3 Å². The molecule has 1 aliphatic rings. The van der Waals surface area contributed by atoms with E-state index < -0.39 is 0 Å². The van der Waals surface area contributed by atoms with Crippen LogP contribution < -0.4 is 5.32 Å². The molecule has 0 saturated carbocycles. The molecule has 0 spiro atoms. The summed E-state index contributed by atoms with van der Waals surface area (Å²) in [6.07, 6.45) is 7.05. The SMILES string of the molecule is CCC(CC)n1ccc(CN2CCCC(NC)C2)n1. The fourth-order valence-corrected chi connectivity index (χ4v) is 2.99. The molecule has 1 aromatic rings. The van der Waals surface area contributed by atoms with E-state index in [2.05, 4.69) is 48.1 Å². The van der Waals surface area contributed by atoms with Crippen LogP contribution in [-0.2, 0) is 6.54 Å². The van der Waals surface area contributed by atoms with E-state index >= 15 is 0 Å². The number of nitrogens with zero attached hydrogens (tertiary/aromatic N) is 3. The molecule has 4 nitrogen and oxygen atoms in total. The lowest BCUT2D eigenvalue weighted by atomic mass is 10.1. The van der Waals surface area contributed by atoms with E-state index in [-0.39, 0.29) is 0 Å². The first-order valence-corrected chi connectivity index (χ1v) is 7.70. The van der Waals surface area contributed by atoms with Crippen LogP contribution in [0.5, 0.6) is 0 Å².